The summed E-state index contributed by atoms with van der Waals surface area (Å²) in [4.78, 5) is 5.89. The Labute approximate surface area is 106 Å². The average molecular weight is 252 g/mol. The minimum Gasteiger partial charge on any atom is -0.348 e. The molecule has 17 heavy (non-hydrogen) atoms. The zero-order valence-electron chi connectivity index (χ0n) is 10.2. The predicted molar refractivity (Wildman–Crippen MR) is 73.0 cm³/mol. The van der Waals surface area contributed by atoms with Crippen LogP contribution < -0.4 is 16.6 Å². The number of nitrogens with two attached hydrogens (primary N) is 1. The Bertz CT molecular complexity index is 386. The zero-order valence-corrected chi connectivity index (χ0v) is 11.0. The van der Waals surface area contributed by atoms with Crippen molar-refractivity contribution in [2.24, 2.45) is 10.8 Å². The van der Waals surface area contributed by atoms with E-state index in [9.17, 15) is 0 Å². The molecule has 1 unspecified atom stereocenters. The van der Waals surface area contributed by atoms with E-state index in [-0.39, 0.29) is 0 Å². The molecule has 4 N–H and O–H groups in total. The van der Waals surface area contributed by atoms with Crippen LogP contribution in [0, 0.1) is 0 Å². The van der Waals surface area contributed by atoms with Crippen LogP contribution in [-0.2, 0) is 6.42 Å². The van der Waals surface area contributed by atoms with Gasteiger partial charge in [-0.05, 0) is 42.7 Å². The number of thiophene rings is 1. The second-order valence-corrected chi connectivity index (χ2v) is 5.26. The molecule has 4 nitrogen and oxygen atoms in total. The molecule has 0 radical (unpaired) electrons. The van der Waals surface area contributed by atoms with Gasteiger partial charge in [0, 0.05) is 11.4 Å². The van der Waals surface area contributed by atoms with E-state index < -0.39 is 0 Å². The molecule has 0 amide bonds. The standard InChI is InChI=1S/C12H20N4S/c1-2-7-14-12(16-13)15-10-4-3-5-11-9(10)6-8-17-11/h6,8,10H,2-5,7,13H2,1H3,(H2,14,15,16). The fraction of sp³-hybridized carbons (Fsp3) is 0.583. The van der Waals surface area contributed by atoms with Gasteiger partial charge in [0.15, 0.2) is 0 Å². The van der Waals surface area contributed by atoms with Crippen LogP contribution in [0.5, 0.6) is 0 Å². The fourth-order valence-electron chi connectivity index (χ4n) is 2.16. The van der Waals surface area contributed by atoms with Gasteiger partial charge >= 0.3 is 0 Å². The van der Waals surface area contributed by atoms with Crippen LogP contribution in [-0.4, -0.2) is 12.5 Å². The van der Waals surface area contributed by atoms with Crippen molar-refractivity contribution in [3.8, 4) is 0 Å². The van der Waals surface area contributed by atoms with E-state index in [4.69, 9.17) is 5.84 Å². The Morgan fingerprint density at radius 1 is 1.65 bits per heavy atom. The van der Waals surface area contributed by atoms with Crippen molar-refractivity contribution in [2.75, 3.05) is 6.54 Å². The number of hydrogen-bond acceptors (Lipinski definition) is 3. The third-order valence-electron chi connectivity index (χ3n) is 2.99. The number of aryl methyl sites for hydroxylation is 1. The van der Waals surface area contributed by atoms with Crippen LogP contribution >= 0.6 is 11.3 Å². The Hall–Kier alpha value is -1.07. The third kappa shape index (κ3) is 2.98. The van der Waals surface area contributed by atoms with Gasteiger partial charge in [0.1, 0.15) is 0 Å². The lowest BCUT2D eigenvalue weighted by Gasteiger charge is -2.25. The number of hydrazine groups is 1. The van der Waals surface area contributed by atoms with Gasteiger partial charge in [-0.2, -0.15) is 0 Å². The van der Waals surface area contributed by atoms with Crippen molar-refractivity contribution in [3.05, 3.63) is 21.9 Å². The number of nitrogens with one attached hydrogen (secondary N) is 2. The maximum absolute atomic E-state index is 5.49. The van der Waals surface area contributed by atoms with Crippen molar-refractivity contribution in [1.29, 1.82) is 0 Å². The first-order valence-corrected chi connectivity index (χ1v) is 7.07. The molecule has 1 atom stereocenters. The highest BCUT2D eigenvalue weighted by Crippen LogP contribution is 2.33. The van der Waals surface area contributed by atoms with Gasteiger partial charge in [0.25, 0.3) is 0 Å². The first-order valence-electron chi connectivity index (χ1n) is 6.19. The van der Waals surface area contributed by atoms with Crippen LogP contribution in [0.25, 0.3) is 0 Å². The summed E-state index contributed by atoms with van der Waals surface area (Å²) in [5.74, 6) is 6.19. The van der Waals surface area contributed by atoms with Gasteiger partial charge in [-0.25, -0.2) is 5.84 Å². The number of nitrogens with zero attached hydrogens (tertiary/aromatic N) is 1. The van der Waals surface area contributed by atoms with E-state index in [2.05, 4.69) is 34.1 Å². The normalized spacial score (nSPS) is 19.9. The molecule has 1 aliphatic rings. The molecule has 0 saturated heterocycles. The molecule has 5 heteroatoms. The average Bonchev–Trinajstić information content (AvgIpc) is 2.83. The molecule has 0 saturated carbocycles. The molecular weight excluding hydrogens is 232 g/mol. The maximum atomic E-state index is 5.49. The van der Waals surface area contributed by atoms with E-state index >= 15 is 0 Å². The molecule has 0 spiro atoms. The number of hydrogen-bond donors (Lipinski definition) is 3. The fourth-order valence-corrected chi connectivity index (χ4v) is 3.15. The summed E-state index contributed by atoms with van der Waals surface area (Å²) in [5.41, 5.74) is 4.07. The highest BCUT2D eigenvalue weighted by molar-refractivity contribution is 7.10. The van der Waals surface area contributed by atoms with Crippen LogP contribution in [0.15, 0.2) is 16.4 Å². The molecule has 2 rings (SSSR count). The van der Waals surface area contributed by atoms with Gasteiger partial charge in [-0.3, -0.25) is 10.4 Å². The monoisotopic (exact) mass is 252 g/mol. The Kier molecular flexibility index (Phi) is 4.39. The van der Waals surface area contributed by atoms with Crippen molar-refractivity contribution in [1.82, 2.24) is 10.7 Å². The number of rotatable bonds is 3. The quantitative estimate of drug-likeness (QED) is 0.333. The van der Waals surface area contributed by atoms with Crippen LogP contribution in [0.3, 0.4) is 0 Å². The zero-order chi connectivity index (χ0) is 12.1. The highest BCUT2D eigenvalue weighted by atomic mass is 32.1. The minimum absolute atomic E-state index is 0.358. The van der Waals surface area contributed by atoms with E-state index in [1.54, 1.807) is 0 Å². The molecule has 0 aromatic carbocycles. The lowest BCUT2D eigenvalue weighted by atomic mass is 9.94. The third-order valence-corrected chi connectivity index (χ3v) is 3.99. The molecular formula is C12H20N4S. The van der Waals surface area contributed by atoms with Gasteiger partial charge in [-0.1, -0.05) is 6.92 Å². The molecule has 1 aliphatic carbocycles. The van der Waals surface area contributed by atoms with E-state index in [0.717, 1.165) is 19.4 Å². The molecule has 94 valence electrons. The summed E-state index contributed by atoms with van der Waals surface area (Å²) >= 11 is 1.85. The largest absolute Gasteiger partial charge is 0.348 e. The first-order chi connectivity index (χ1) is 8.35. The number of aliphatic imine (C=N–C) groups is 1. The summed E-state index contributed by atoms with van der Waals surface area (Å²) in [6.07, 6.45) is 4.62. The number of guanidine groups is 1. The summed E-state index contributed by atoms with van der Waals surface area (Å²) in [6, 6.07) is 2.57. The Balaban J connectivity index is 2.05. The van der Waals surface area contributed by atoms with E-state index in [0.29, 0.717) is 12.0 Å². The molecule has 0 fully saturated rings. The molecule has 0 bridgehead atoms. The van der Waals surface area contributed by atoms with Crippen LogP contribution in [0.1, 0.15) is 42.7 Å². The Morgan fingerprint density at radius 3 is 3.29 bits per heavy atom. The van der Waals surface area contributed by atoms with Crippen molar-refractivity contribution >= 4 is 17.3 Å². The van der Waals surface area contributed by atoms with Crippen molar-refractivity contribution in [2.45, 2.75) is 38.6 Å². The summed E-state index contributed by atoms with van der Waals surface area (Å²) in [6.45, 7) is 2.91. The van der Waals surface area contributed by atoms with Gasteiger partial charge < -0.3 is 5.32 Å². The topological polar surface area (TPSA) is 62.4 Å². The number of fused-ring (bicyclic) bond motifs is 1. The summed E-state index contributed by atoms with van der Waals surface area (Å²) in [7, 11) is 0. The van der Waals surface area contributed by atoms with Crippen molar-refractivity contribution < 1.29 is 0 Å². The lowest BCUT2D eigenvalue weighted by Crippen LogP contribution is -2.44. The lowest BCUT2D eigenvalue weighted by molar-refractivity contribution is 0.525. The summed E-state index contributed by atoms with van der Waals surface area (Å²) < 4.78 is 0. The molecule has 1 aromatic rings. The van der Waals surface area contributed by atoms with Crippen LogP contribution in [0.4, 0.5) is 0 Å². The molecule has 1 aromatic heterocycles. The first kappa shape index (κ1) is 12.4. The van der Waals surface area contributed by atoms with E-state index in [1.165, 1.54) is 23.3 Å². The predicted octanol–water partition coefficient (Wildman–Crippen LogP) is 1.94. The minimum atomic E-state index is 0.358. The van der Waals surface area contributed by atoms with Gasteiger partial charge in [-0.15, -0.1) is 11.3 Å². The smallest absolute Gasteiger partial charge is 0.206 e. The highest BCUT2D eigenvalue weighted by Gasteiger charge is 2.21. The second-order valence-electron chi connectivity index (χ2n) is 4.26. The van der Waals surface area contributed by atoms with E-state index in [1.807, 2.05) is 11.3 Å². The van der Waals surface area contributed by atoms with Crippen molar-refractivity contribution in [3.63, 3.8) is 0 Å². The van der Waals surface area contributed by atoms with Crippen LogP contribution in [0.2, 0.25) is 0 Å². The summed E-state index contributed by atoms with van der Waals surface area (Å²) in [5, 5.41) is 5.57. The molecule has 1 heterocycles. The SMILES string of the molecule is CCCN=C(NN)NC1CCCc2sccc21. The maximum Gasteiger partial charge on any atom is 0.206 e. The molecule has 0 aliphatic heterocycles. The second kappa shape index (κ2) is 6.02. The van der Waals surface area contributed by atoms with Gasteiger partial charge in [0.05, 0.1) is 6.04 Å². The Morgan fingerprint density at radius 2 is 2.53 bits per heavy atom. The van der Waals surface area contributed by atoms with Gasteiger partial charge in [0.2, 0.25) is 5.96 Å².